The second-order valence-corrected chi connectivity index (χ2v) is 2.87. The van der Waals surface area contributed by atoms with Gasteiger partial charge in [0.2, 0.25) is 0 Å². The van der Waals surface area contributed by atoms with Crippen molar-refractivity contribution < 1.29 is 0 Å². The van der Waals surface area contributed by atoms with Crippen molar-refractivity contribution in [2.24, 2.45) is 0 Å². The average molecular weight is 215 g/mol. The molecule has 2 aromatic heterocycles. The van der Waals surface area contributed by atoms with E-state index in [9.17, 15) is 4.79 Å². The van der Waals surface area contributed by atoms with Gasteiger partial charge < -0.3 is 4.98 Å². The Labute approximate surface area is 86.6 Å². The van der Waals surface area contributed by atoms with Gasteiger partial charge in [-0.25, -0.2) is 9.50 Å². The minimum Gasteiger partial charge on any atom is -0.307 e. The largest absolute Gasteiger partial charge is 0.307 e. The molecule has 2 rings (SSSR count). The lowest BCUT2D eigenvalue weighted by molar-refractivity contribution is 0.754. The highest BCUT2D eigenvalue weighted by atomic mass is 35.5. The van der Waals surface area contributed by atoms with E-state index in [-0.39, 0.29) is 18.0 Å². The fourth-order valence-corrected chi connectivity index (χ4v) is 1.23. The molecular formula is C8H11ClN4O. The van der Waals surface area contributed by atoms with Crippen LogP contribution in [0.4, 0.5) is 0 Å². The van der Waals surface area contributed by atoms with Gasteiger partial charge in [0.1, 0.15) is 17.7 Å². The van der Waals surface area contributed by atoms with Gasteiger partial charge in [-0.1, -0.05) is 6.92 Å². The van der Waals surface area contributed by atoms with E-state index in [1.807, 2.05) is 6.92 Å². The van der Waals surface area contributed by atoms with Gasteiger partial charge in [0.05, 0.1) is 6.20 Å². The highest BCUT2D eigenvalue weighted by molar-refractivity contribution is 5.85. The molecule has 2 heterocycles. The monoisotopic (exact) mass is 214 g/mol. The van der Waals surface area contributed by atoms with Gasteiger partial charge in [-0.15, -0.1) is 12.4 Å². The first-order chi connectivity index (χ1) is 6.31. The molecule has 5 nitrogen and oxygen atoms in total. The number of hydrogen-bond donors (Lipinski definition) is 1. The van der Waals surface area contributed by atoms with Crippen LogP contribution >= 0.6 is 12.4 Å². The Balaban J connectivity index is 0.000000980. The van der Waals surface area contributed by atoms with Crippen LogP contribution in [0.1, 0.15) is 19.2 Å². The van der Waals surface area contributed by atoms with Crippen LogP contribution in [-0.4, -0.2) is 19.6 Å². The molecule has 0 amide bonds. The van der Waals surface area contributed by atoms with E-state index in [0.29, 0.717) is 11.3 Å². The van der Waals surface area contributed by atoms with Gasteiger partial charge in [0, 0.05) is 6.42 Å². The molecule has 6 heteroatoms. The Morgan fingerprint density at radius 2 is 2.36 bits per heavy atom. The first kappa shape index (κ1) is 10.7. The number of halogens is 1. The maximum Gasteiger partial charge on any atom is 0.276 e. The van der Waals surface area contributed by atoms with E-state index in [0.717, 1.165) is 12.8 Å². The number of hydrogen-bond acceptors (Lipinski definition) is 3. The predicted octanol–water partition coefficient (Wildman–Crippen LogP) is 0.792. The molecule has 0 radical (unpaired) electrons. The summed E-state index contributed by atoms with van der Waals surface area (Å²) in [5, 5.41) is 4.18. The SMILES string of the molecule is CCCc1nn2cncc2c(=O)[nH]1.Cl. The quantitative estimate of drug-likeness (QED) is 0.804. The number of fused-ring (bicyclic) bond motifs is 1. The molecule has 14 heavy (non-hydrogen) atoms. The van der Waals surface area contributed by atoms with Crippen LogP contribution in [0.5, 0.6) is 0 Å². The molecule has 0 saturated heterocycles. The predicted molar refractivity (Wildman–Crippen MR) is 54.9 cm³/mol. The summed E-state index contributed by atoms with van der Waals surface area (Å²) >= 11 is 0. The Hall–Kier alpha value is -1.36. The molecule has 0 unspecified atom stereocenters. The molecule has 0 aliphatic heterocycles. The van der Waals surface area contributed by atoms with E-state index >= 15 is 0 Å². The molecule has 2 aromatic rings. The van der Waals surface area contributed by atoms with Crippen molar-refractivity contribution in [1.82, 2.24) is 19.6 Å². The summed E-state index contributed by atoms with van der Waals surface area (Å²) in [6, 6.07) is 0. The summed E-state index contributed by atoms with van der Waals surface area (Å²) in [6.07, 6.45) is 4.78. The van der Waals surface area contributed by atoms with Gasteiger partial charge in [0.25, 0.3) is 5.56 Å². The number of aromatic nitrogens is 4. The minimum atomic E-state index is -0.129. The van der Waals surface area contributed by atoms with Crippen LogP contribution in [0, 0.1) is 0 Å². The maximum atomic E-state index is 11.4. The fourth-order valence-electron chi connectivity index (χ4n) is 1.23. The van der Waals surface area contributed by atoms with Gasteiger partial charge in [-0.2, -0.15) is 5.10 Å². The molecule has 0 fully saturated rings. The Morgan fingerprint density at radius 1 is 1.57 bits per heavy atom. The number of aryl methyl sites for hydroxylation is 1. The van der Waals surface area contributed by atoms with Crippen molar-refractivity contribution in [1.29, 1.82) is 0 Å². The summed E-state index contributed by atoms with van der Waals surface area (Å²) in [4.78, 5) is 17.9. The standard InChI is InChI=1S/C8H10N4O.ClH/c1-2-3-7-10-8(13)6-4-9-5-12(6)11-7;/h4-5H,2-3H2,1H3,(H,10,11,13);1H. The van der Waals surface area contributed by atoms with Crippen molar-refractivity contribution >= 4 is 17.9 Å². The third-order valence-electron chi connectivity index (χ3n) is 1.83. The molecule has 76 valence electrons. The van der Waals surface area contributed by atoms with Crippen LogP contribution in [0.25, 0.3) is 5.52 Å². The summed E-state index contributed by atoms with van der Waals surface area (Å²) in [7, 11) is 0. The third-order valence-corrected chi connectivity index (χ3v) is 1.83. The number of rotatable bonds is 2. The zero-order valence-corrected chi connectivity index (χ0v) is 8.54. The summed E-state index contributed by atoms with van der Waals surface area (Å²) < 4.78 is 1.50. The van der Waals surface area contributed by atoms with Gasteiger partial charge in [0.15, 0.2) is 0 Å². The molecule has 0 bridgehead atoms. The van der Waals surface area contributed by atoms with Crippen molar-refractivity contribution in [2.75, 3.05) is 0 Å². The highest BCUT2D eigenvalue weighted by Crippen LogP contribution is 1.95. The van der Waals surface area contributed by atoms with Crippen LogP contribution < -0.4 is 5.56 Å². The molecule has 0 aliphatic carbocycles. The second kappa shape index (κ2) is 4.23. The fraction of sp³-hybridized carbons (Fsp3) is 0.375. The molecular weight excluding hydrogens is 204 g/mol. The molecule has 0 spiro atoms. The van der Waals surface area contributed by atoms with E-state index in [1.54, 1.807) is 0 Å². The number of nitrogens with one attached hydrogen (secondary N) is 1. The lowest BCUT2D eigenvalue weighted by atomic mass is 10.3. The Morgan fingerprint density at radius 3 is 3.07 bits per heavy atom. The molecule has 0 aliphatic rings. The van der Waals surface area contributed by atoms with Gasteiger partial charge in [-0.3, -0.25) is 4.79 Å². The molecule has 0 aromatic carbocycles. The summed E-state index contributed by atoms with van der Waals surface area (Å²) in [5.41, 5.74) is 0.357. The smallest absolute Gasteiger partial charge is 0.276 e. The summed E-state index contributed by atoms with van der Waals surface area (Å²) in [5.74, 6) is 0.706. The first-order valence-corrected chi connectivity index (χ1v) is 4.23. The topological polar surface area (TPSA) is 63.1 Å². The minimum absolute atomic E-state index is 0. The molecule has 0 saturated carbocycles. The Kier molecular flexibility index (Phi) is 3.24. The lowest BCUT2D eigenvalue weighted by Crippen LogP contribution is -2.15. The van der Waals surface area contributed by atoms with Gasteiger partial charge >= 0.3 is 0 Å². The third kappa shape index (κ3) is 1.77. The van der Waals surface area contributed by atoms with E-state index in [2.05, 4.69) is 15.1 Å². The normalized spacial score (nSPS) is 10.1. The maximum absolute atomic E-state index is 11.4. The molecule has 1 N–H and O–H groups in total. The first-order valence-electron chi connectivity index (χ1n) is 4.23. The van der Waals surface area contributed by atoms with Crippen molar-refractivity contribution in [2.45, 2.75) is 19.8 Å². The Bertz CT molecular complexity index is 475. The summed E-state index contributed by atoms with van der Waals surface area (Å²) in [6.45, 7) is 2.04. The van der Waals surface area contributed by atoms with Crippen LogP contribution in [0.15, 0.2) is 17.3 Å². The van der Waals surface area contributed by atoms with Crippen molar-refractivity contribution in [3.63, 3.8) is 0 Å². The number of nitrogens with zero attached hydrogens (tertiary/aromatic N) is 3. The van der Waals surface area contributed by atoms with E-state index in [1.165, 1.54) is 17.0 Å². The van der Waals surface area contributed by atoms with Crippen molar-refractivity contribution in [3.05, 3.63) is 28.7 Å². The van der Waals surface area contributed by atoms with Crippen LogP contribution in [0.2, 0.25) is 0 Å². The molecule has 0 atom stereocenters. The average Bonchev–Trinajstić information content (AvgIpc) is 2.53. The van der Waals surface area contributed by atoms with Gasteiger partial charge in [-0.05, 0) is 6.42 Å². The highest BCUT2D eigenvalue weighted by Gasteiger charge is 2.01. The van der Waals surface area contributed by atoms with Crippen LogP contribution in [0.3, 0.4) is 0 Å². The van der Waals surface area contributed by atoms with E-state index < -0.39 is 0 Å². The lowest BCUT2D eigenvalue weighted by Gasteiger charge is -1.97. The van der Waals surface area contributed by atoms with Crippen LogP contribution in [-0.2, 0) is 6.42 Å². The number of aromatic amines is 1. The number of H-pyrrole nitrogens is 1. The van der Waals surface area contributed by atoms with E-state index in [4.69, 9.17) is 0 Å². The second-order valence-electron chi connectivity index (χ2n) is 2.87. The number of imidazole rings is 1. The van der Waals surface area contributed by atoms with Crippen molar-refractivity contribution in [3.8, 4) is 0 Å². The zero-order valence-electron chi connectivity index (χ0n) is 7.73. The zero-order chi connectivity index (χ0) is 9.26.